The fourth-order valence-electron chi connectivity index (χ4n) is 4.04. The smallest absolute Gasteiger partial charge is 0.408 e. The minimum atomic E-state index is -1.27. The van der Waals surface area contributed by atoms with Gasteiger partial charge in [-0.3, -0.25) is 19.9 Å². The summed E-state index contributed by atoms with van der Waals surface area (Å²) in [5.74, 6) is -1.10. The van der Waals surface area contributed by atoms with Crippen molar-refractivity contribution in [1.82, 2.24) is 21.4 Å². The van der Waals surface area contributed by atoms with Gasteiger partial charge in [0.15, 0.2) is 1.41 Å². The van der Waals surface area contributed by atoms with Crippen LogP contribution in [0.15, 0.2) is 102 Å². The van der Waals surface area contributed by atoms with Crippen LogP contribution in [0.2, 0.25) is 1.41 Å². The van der Waals surface area contributed by atoms with Crippen molar-refractivity contribution in [3.05, 3.63) is 118 Å². The van der Waals surface area contributed by atoms with Gasteiger partial charge in [0, 0.05) is 19.4 Å². The van der Waals surface area contributed by atoms with E-state index in [1.54, 1.807) is 42.5 Å². The molecule has 0 fully saturated rings. The van der Waals surface area contributed by atoms with Crippen LogP contribution in [0.5, 0.6) is 0 Å². The number of rotatable bonds is 12. The van der Waals surface area contributed by atoms with Gasteiger partial charge in [-0.25, -0.2) is 4.79 Å². The Morgan fingerprint density at radius 2 is 1.48 bits per heavy atom. The van der Waals surface area contributed by atoms with Crippen molar-refractivity contribution in [1.29, 1.82) is 0 Å². The second-order valence-corrected chi connectivity index (χ2v) is 10.0. The molecule has 0 spiro atoms. The van der Waals surface area contributed by atoms with Crippen LogP contribution in [0, 0.1) is 0 Å². The molecule has 0 saturated heterocycles. The quantitative estimate of drug-likeness (QED) is 0.232. The average molecular weight is 609 g/mol. The van der Waals surface area contributed by atoms with Crippen molar-refractivity contribution in [3.8, 4) is 0 Å². The van der Waals surface area contributed by atoms with E-state index in [0.29, 0.717) is 9.92 Å². The van der Waals surface area contributed by atoms with E-state index < -0.39 is 36.1 Å². The molecule has 0 aliphatic carbocycles. The van der Waals surface area contributed by atoms with Gasteiger partial charge < -0.3 is 20.7 Å². The third kappa shape index (κ3) is 9.25. The third-order valence-corrected chi connectivity index (χ3v) is 6.52. The van der Waals surface area contributed by atoms with E-state index in [1.807, 2.05) is 54.6 Å². The minimum absolute atomic E-state index is 0.0436. The van der Waals surface area contributed by atoms with E-state index in [0.717, 1.165) is 16.7 Å². The topological polar surface area (TPSA) is 118 Å². The molecule has 3 aromatic carbocycles. The van der Waals surface area contributed by atoms with Gasteiger partial charge in [-0.05, 0) is 38.7 Å². The van der Waals surface area contributed by atoms with E-state index in [-0.39, 0.29) is 26.0 Å². The number of alkyl carbamates (subject to hydrolysis) is 1. The second-order valence-electron chi connectivity index (χ2n) is 9.15. The maximum Gasteiger partial charge on any atom is 0.408 e. The molecule has 9 nitrogen and oxygen atoms in total. The summed E-state index contributed by atoms with van der Waals surface area (Å²) in [4.78, 5) is 45.3. The fourth-order valence-corrected chi connectivity index (χ4v) is 4.43. The standard InChI is InChI=1S/C30H31BrN4O5/c31-27-18-24(40-35-27)17-26(28(36)32-19-22-12-6-2-7-13-22)33-29(37)25(16-21-10-4-1-5-11-21)34-30(38)39-20-23-14-8-3-9-15-23/h1-15,18,24-26,35H,16-17,19-20H2,(H,32,36)(H,33,37)(H,34,38)/t24?,25-,26-/m0/s1/i/hD. The molecule has 0 bridgehead atoms. The highest BCUT2D eigenvalue weighted by Gasteiger charge is 2.30. The summed E-state index contributed by atoms with van der Waals surface area (Å²) in [7, 11) is 0. The van der Waals surface area contributed by atoms with Crippen LogP contribution < -0.4 is 21.4 Å². The highest BCUT2D eigenvalue weighted by Crippen LogP contribution is 2.17. The number of halogens is 1. The number of benzene rings is 3. The van der Waals surface area contributed by atoms with Gasteiger partial charge in [0.05, 0.1) is 0 Å². The zero-order chi connectivity index (χ0) is 29.0. The molecule has 40 heavy (non-hydrogen) atoms. The lowest BCUT2D eigenvalue weighted by molar-refractivity contribution is -0.131. The monoisotopic (exact) mass is 607 g/mol. The first-order valence-corrected chi connectivity index (χ1v) is 13.6. The minimum Gasteiger partial charge on any atom is -0.445 e. The Bertz CT molecular complexity index is 1330. The molecular formula is C30H31BrN4O5. The Balaban J connectivity index is 1.49. The van der Waals surface area contributed by atoms with Crippen LogP contribution >= 0.6 is 15.9 Å². The molecule has 1 heterocycles. The Labute approximate surface area is 242 Å². The predicted molar refractivity (Wildman–Crippen MR) is 154 cm³/mol. The molecule has 1 aliphatic rings. The summed E-state index contributed by atoms with van der Waals surface area (Å²) in [6, 6.07) is 25.2. The first-order valence-electron chi connectivity index (χ1n) is 13.3. The molecule has 3 aromatic rings. The zero-order valence-corrected chi connectivity index (χ0v) is 23.3. The van der Waals surface area contributed by atoms with Crippen molar-refractivity contribution in [3.63, 3.8) is 0 Å². The highest BCUT2D eigenvalue weighted by molar-refractivity contribution is 9.11. The lowest BCUT2D eigenvalue weighted by Gasteiger charge is -2.24. The van der Waals surface area contributed by atoms with Gasteiger partial charge in [0.1, 0.15) is 29.4 Å². The number of nitrogens with one attached hydrogen (secondary N) is 4. The Hall–Kier alpha value is -4.15. The van der Waals surface area contributed by atoms with Crippen LogP contribution in [-0.2, 0) is 38.7 Å². The molecule has 1 unspecified atom stereocenters. The van der Waals surface area contributed by atoms with Crippen LogP contribution in [0.1, 0.15) is 23.1 Å². The molecule has 4 N–H and O–H groups in total. The number of hydrogen-bond donors (Lipinski definition) is 4. The van der Waals surface area contributed by atoms with Gasteiger partial charge >= 0.3 is 6.09 Å². The van der Waals surface area contributed by atoms with E-state index in [9.17, 15) is 14.4 Å². The molecular weight excluding hydrogens is 576 g/mol. The van der Waals surface area contributed by atoms with Gasteiger partial charge in [-0.15, -0.1) is 0 Å². The molecule has 3 amide bonds. The van der Waals surface area contributed by atoms with Crippen LogP contribution in [0.4, 0.5) is 4.79 Å². The van der Waals surface area contributed by atoms with E-state index >= 15 is 0 Å². The predicted octanol–water partition coefficient (Wildman–Crippen LogP) is 3.86. The Kier molecular flexibility index (Phi) is 10.2. The lowest BCUT2D eigenvalue weighted by atomic mass is 10.0. The number of hydroxylamine groups is 1. The van der Waals surface area contributed by atoms with Crippen molar-refractivity contribution in [2.24, 2.45) is 0 Å². The van der Waals surface area contributed by atoms with Gasteiger partial charge in [0.2, 0.25) is 11.8 Å². The third-order valence-electron chi connectivity index (χ3n) is 6.09. The normalized spacial score (nSPS) is 16.0. The Morgan fingerprint density at radius 3 is 2.08 bits per heavy atom. The molecule has 3 atom stereocenters. The van der Waals surface area contributed by atoms with Crippen LogP contribution in [0.25, 0.3) is 0 Å². The zero-order valence-electron chi connectivity index (χ0n) is 22.7. The summed E-state index contributed by atoms with van der Waals surface area (Å²) in [6.45, 7) is 0.214. The van der Waals surface area contributed by atoms with Crippen molar-refractivity contribution >= 4 is 33.8 Å². The van der Waals surface area contributed by atoms with Crippen LogP contribution in [0.3, 0.4) is 0 Å². The van der Waals surface area contributed by atoms with Crippen molar-refractivity contribution < 1.29 is 25.4 Å². The van der Waals surface area contributed by atoms with Gasteiger partial charge in [-0.2, -0.15) is 0 Å². The molecule has 10 heteroatoms. The first-order chi connectivity index (χ1) is 19.9. The largest absolute Gasteiger partial charge is 0.445 e. The highest BCUT2D eigenvalue weighted by atomic mass is 79.9. The van der Waals surface area contributed by atoms with Gasteiger partial charge in [-0.1, -0.05) is 91.0 Å². The number of carbonyl (C=O) groups is 3. The summed E-state index contributed by atoms with van der Waals surface area (Å²) in [6.07, 6.45) is 0.408. The maximum atomic E-state index is 13.7. The molecule has 4 rings (SSSR count). The molecule has 1 aliphatic heterocycles. The summed E-state index contributed by atoms with van der Waals surface area (Å²) >= 11 is 3.30. The molecule has 208 valence electrons. The van der Waals surface area contributed by atoms with Crippen molar-refractivity contribution in [2.45, 2.75) is 44.2 Å². The number of ether oxygens (including phenoxy) is 1. The SMILES string of the molecule is [2H]N(C(=O)OCc1ccccc1)[C@@H](Cc1ccccc1)C(=O)N[C@@H](CC1C=C(Br)NO1)C(=O)NCc1ccccc1. The Morgan fingerprint density at radius 1 is 0.875 bits per heavy atom. The maximum absolute atomic E-state index is 13.7. The average Bonchev–Trinajstić information content (AvgIpc) is 3.42. The first kappa shape index (κ1) is 27.4. The van der Waals surface area contributed by atoms with E-state index in [4.69, 9.17) is 11.0 Å². The fraction of sp³-hybridized carbons (Fsp3) is 0.233. The summed E-state index contributed by atoms with van der Waals surface area (Å²) < 4.78 is 14.4. The number of carbonyl (C=O) groups excluding carboxylic acids is 3. The summed E-state index contributed by atoms with van der Waals surface area (Å²) in [5.41, 5.74) is 5.06. The van der Waals surface area contributed by atoms with Crippen molar-refractivity contribution in [2.75, 3.05) is 0 Å². The molecule has 0 aromatic heterocycles. The molecule has 0 radical (unpaired) electrons. The number of amides is 3. The molecule has 0 saturated carbocycles. The van der Waals surface area contributed by atoms with Gasteiger partial charge in [0.25, 0.3) is 0 Å². The lowest BCUT2D eigenvalue weighted by Crippen LogP contribution is -2.55. The number of hydrogen-bond acceptors (Lipinski definition) is 6. The van der Waals surface area contributed by atoms with E-state index in [2.05, 4.69) is 32.0 Å². The second kappa shape index (κ2) is 14.9. The van der Waals surface area contributed by atoms with E-state index in [1.165, 1.54) is 0 Å². The summed E-state index contributed by atoms with van der Waals surface area (Å²) in [5, 5.41) is 6.13. The van der Waals surface area contributed by atoms with Crippen LogP contribution in [-0.4, -0.2) is 36.1 Å².